The minimum Gasteiger partial charge on any atom is -0.329 e. The molecule has 23 heavy (non-hydrogen) atoms. The van der Waals surface area contributed by atoms with E-state index in [1.807, 2.05) is 4.90 Å². The molecule has 1 unspecified atom stereocenters. The summed E-state index contributed by atoms with van der Waals surface area (Å²) >= 11 is 0. The van der Waals surface area contributed by atoms with Crippen molar-refractivity contribution in [3.63, 3.8) is 0 Å². The Morgan fingerprint density at radius 3 is 2.70 bits per heavy atom. The minimum atomic E-state index is -0.304. The van der Waals surface area contributed by atoms with Crippen molar-refractivity contribution >= 4 is 5.91 Å². The average Bonchev–Trinajstić information content (AvgIpc) is 2.76. The van der Waals surface area contributed by atoms with Gasteiger partial charge in [-0.25, -0.2) is 4.39 Å². The molecule has 0 saturated carbocycles. The lowest BCUT2D eigenvalue weighted by Crippen LogP contribution is -3.14. The van der Waals surface area contributed by atoms with E-state index in [0.717, 1.165) is 25.8 Å². The zero-order valence-electron chi connectivity index (χ0n) is 14.0. The number of unbranched alkanes of at least 4 members (excludes halogenated alkanes) is 1. The molecule has 3 rings (SSSR count). The lowest BCUT2D eigenvalue weighted by molar-refractivity contribution is -0.912. The van der Waals surface area contributed by atoms with E-state index in [0.29, 0.717) is 17.6 Å². The zero-order valence-corrected chi connectivity index (χ0v) is 14.0. The largest absolute Gasteiger partial charge is 0.329 e. The number of likely N-dealkylation sites (N-methyl/N-ethyl adjacent to an activating group) is 1. The first-order chi connectivity index (χ1) is 11.1. The van der Waals surface area contributed by atoms with Gasteiger partial charge in [0.2, 0.25) is 0 Å². The molecule has 1 amide bonds. The van der Waals surface area contributed by atoms with Crippen LogP contribution in [0.15, 0.2) is 36.0 Å². The van der Waals surface area contributed by atoms with E-state index in [1.165, 1.54) is 30.7 Å². The van der Waals surface area contributed by atoms with Crippen molar-refractivity contribution in [1.82, 2.24) is 4.90 Å². The summed E-state index contributed by atoms with van der Waals surface area (Å²) in [4.78, 5) is 16.5. The summed E-state index contributed by atoms with van der Waals surface area (Å²) in [6.45, 7) is 2.88. The quantitative estimate of drug-likeness (QED) is 0.886. The van der Waals surface area contributed by atoms with Crippen LogP contribution >= 0.6 is 0 Å². The number of carbonyl (C=O) groups is 1. The van der Waals surface area contributed by atoms with Crippen molar-refractivity contribution in [2.24, 2.45) is 0 Å². The predicted molar refractivity (Wildman–Crippen MR) is 88.7 cm³/mol. The Bertz CT molecular complexity index is 596. The molecule has 1 aromatic rings. The minimum absolute atomic E-state index is 0.00338. The Morgan fingerprint density at radius 2 is 2.04 bits per heavy atom. The van der Waals surface area contributed by atoms with E-state index in [9.17, 15) is 9.18 Å². The molecule has 2 heterocycles. The van der Waals surface area contributed by atoms with Crippen molar-refractivity contribution < 1.29 is 14.1 Å². The summed E-state index contributed by atoms with van der Waals surface area (Å²) in [6.07, 6.45) is 7.77. The number of carbonyl (C=O) groups excluding carboxylic acids is 1. The summed E-state index contributed by atoms with van der Waals surface area (Å²) in [6, 6.07) is 7.07. The van der Waals surface area contributed by atoms with Crippen molar-refractivity contribution in [2.75, 3.05) is 13.6 Å². The van der Waals surface area contributed by atoms with Gasteiger partial charge < -0.3 is 9.80 Å². The van der Waals surface area contributed by atoms with Gasteiger partial charge in [0.05, 0.1) is 13.1 Å². The fraction of sp³-hybridized carbons (Fsp3) is 0.526. The van der Waals surface area contributed by atoms with Gasteiger partial charge in [0.1, 0.15) is 11.9 Å². The highest BCUT2D eigenvalue weighted by atomic mass is 19.1. The SMILES string of the molecule is CCCCN(C(=O)c1ccc(F)cc1)C1=C[C@H]2CC[C@@H](C1)[NH+]2C. The van der Waals surface area contributed by atoms with E-state index < -0.39 is 0 Å². The first-order valence-electron chi connectivity index (χ1n) is 8.71. The van der Waals surface area contributed by atoms with Crippen LogP contribution in [0.5, 0.6) is 0 Å². The molecule has 2 aliphatic rings. The molecule has 124 valence electrons. The van der Waals surface area contributed by atoms with Gasteiger partial charge in [-0.1, -0.05) is 13.3 Å². The maximum absolute atomic E-state index is 13.1. The Morgan fingerprint density at radius 1 is 1.30 bits per heavy atom. The van der Waals surface area contributed by atoms with Crippen LogP contribution in [-0.4, -0.2) is 36.5 Å². The fourth-order valence-corrected chi connectivity index (χ4v) is 3.81. The average molecular weight is 317 g/mol. The van der Waals surface area contributed by atoms with E-state index in [1.54, 1.807) is 17.0 Å². The molecule has 2 bridgehead atoms. The monoisotopic (exact) mass is 317 g/mol. The number of quaternary nitrogens is 1. The van der Waals surface area contributed by atoms with Gasteiger partial charge in [-0.2, -0.15) is 0 Å². The Labute approximate surface area is 137 Å². The van der Waals surface area contributed by atoms with Crippen LogP contribution in [0, 0.1) is 5.82 Å². The lowest BCUT2D eigenvalue weighted by Gasteiger charge is -2.33. The second kappa shape index (κ2) is 6.83. The Kier molecular flexibility index (Phi) is 4.81. The number of halogens is 1. The van der Waals surface area contributed by atoms with Gasteiger partial charge >= 0.3 is 0 Å². The topological polar surface area (TPSA) is 24.8 Å². The molecular weight excluding hydrogens is 291 g/mol. The number of nitrogens with zero attached hydrogens (tertiary/aromatic N) is 1. The smallest absolute Gasteiger partial charge is 0.258 e. The van der Waals surface area contributed by atoms with Crippen molar-refractivity contribution in [2.45, 2.75) is 51.1 Å². The number of hydrogen-bond acceptors (Lipinski definition) is 1. The van der Waals surface area contributed by atoms with Crippen molar-refractivity contribution in [1.29, 1.82) is 0 Å². The van der Waals surface area contributed by atoms with E-state index in [2.05, 4.69) is 20.0 Å². The van der Waals surface area contributed by atoms with Crippen LogP contribution in [0.3, 0.4) is 0 Å². The Hall–Kier alpha value is -1.68. The molecule has 1 aromatic carbocycles. The maximum Gasteiger partial charge on any atom is 0.258 e. The number of amides is 1. The fourth-order valence-electron chi connectivity index (χ4n) is 3.81. The normalized spacial score (nSPS) is 26.0. The molecule has 1 N–H and O–H groups in total. The lowest BCUT2D eigenvalue weighted by atomic mass is 10.0. The van der Waals surface area contributed by atoms with Crippen LogP contribution in [0.1, 0.15) is 49.4 Å². The molecule has 0 spiro atoms. The van der Waals surface area contributed by atoms with E-state index in [-0.39, 0.29) is 11.7 Å². The van der Waals surface area contributed by atoms with Crippen LogP contribution in [-0.2, 0) is 0 Å². The highest BCUT2D eigenvalue weighted by molar-refractivity contribution is 5.95. The summed E-state index contributed by atoms with van der Waals surface area (Å²) < 4.78 is 13.1. The highest BCUT2D eigenvalue weighted by Gasteiger charge is 2.39. The van der Waals surface area contributed by atoms with Crippen LogP contribution < -0.4 is 4.90 Å². The van der Waals surface area contributed by atoms with Gasteiger partial charge in [0.15, 0.2) is 0 Å². The number of hydrogen-bond donors (Lipinski definition) is 1. The second-order valence-electron chi connectivity index (χ2n) is 6.80. The number of rotatable bonds is 5. The van der Waals surface area contributed by atoms with Crippen LogP contribution in [0.25, 0.3) is 0 Å². The first kappa shape index (κ1) is 16.2. The predicted octanol–water partition coefficient (Wildman–Crippen LogP) is 2.40. The molecule has 0 radical (unpaired) electrons. The molecule has 3 atom stereocenters. The summed E-state index contributed by atoms with van der Waals surface area (Å²) in [5.41, 5.74) is 1.74. The third-order valence-corrected chi connectivity index (χ3v) is 5.32. The molecule has 0 aromatic heterocycles. The molecule has 3 nitrogen and oxygen atoms in total. The third-order valence-electron chi connectivity index (χ3n) is 5.32. The van der Waals surface area contributed by atoms with Gasteiger partial charge in [0.25, 0.3) is 5.91 Å². The van der Waals surface area contributed by atoms with Crippen LogP contribution in [0.4, 0.5) is 4.39 Å². The molecule has 1 saturated heterocycles. The maximum atomic E-state index is 13.1. The molecule has 2 aliphatic heterocycles. The van der Waals surface area contributed by atoms with Gasteiger partial charge in [0, 0.05) is 37.1 Å². The standard InChI is InChI=1S/C19H25FN2O/c1-3-4-11-22(19(23)14-5-7-15(20)8-6-14)18-12-16-9-10-17(13-18)21(16)2/h5-8,12,16-17H,3-4,9-11,13H2,1-2H3/p+1/t16-,17+/m1/s1. The van der Waals surface area contributed by atoms with Gasteiger partial charge in [-0.05, 0) is 36.8 Å². The summed E-state index contributed by atoms with van der Waals surface area (Å²) in [7, 11) is 2.26. The van der Waals surface area contributed by atoms with Crippen LogP contribution in [0.2, 0.25) is 0 Å². The zero-order chi connectivity index (χ0) is 16.4. The summed E-state index contributed by atoms with van der Waals surface area (Å²) in [5.74, 6) is -0.300. The highest BCUT2D eigenvalue weighted by Crippen LogP contribution is 2.26. The van der Waals surface area contributed by atoms with Gasteiger partial charge in [-0.15, -0.1) is 0 Å². The van der Waals surface area contributed by atoms with Crippen molar-refractivity contribution in [3.8, 4) is 0 Å². The summed E-state index contributed by atoms with van der Waals surface area (Å²) in [5, 5.41) is 0. The number of benzene rings is 1. The first-order valence-corrected chi connectivity index (χ1v) is 8.71. The molecule has 4 heteroatoms. The molecule has 0 aliphatic carbocycles. The van der Waals surface area contributed by atoms with E-state index >= 15 is 0 Å². The number of nitrogens with one attached hydrogen (secondary N) is 1. The third kappa shape index (κ3) is 3.32. The second-order valence-corrected chi connectivity index (χ2v) is 6.80. The van der Waals surface area contributed by atoms with Crippen molar-refractivity contribution in [3.05, 3.63) is 47.4 Å². The van der Waals surface area contributed by atoms with Gasteiger partial charge in [-0.3, -0.25) is 4.79 Å². The number of fused-ring (bicyclic) bond motifs is 2. The Balaban J connectivity index is 1.84. The van der Waals surface area contributed by atoms with E-state index in [4.69, 9.17) is 0 Å². The molecule has 1 fully saturated rings. The molecular formula is C19H26FN2O+.